The van der Waals surface area contributed by atoms with Crippen molar-refractivity contribution in [3.8, 4) is 39.5 Å². The third-order valence-electron chi connectivity index (χ3n) is 15.3. The molecule has 3 saturated heterocycles. The minimum absolute atomic E-state index is 0.0577. The number of alkyl carbamates (subject to hydrolysis) is 2. The van der Waals surface area contributed by atoms with Crippen LogP contribution in [0.25, 0.3) is 44.7 Å². The molecule has 0 spiro atoms. The van der Waals surface area contributed by atoms with Gasteiger partial charge in [0.2, 0.25) is 18.0 Å². The molecule has 20 heteroatoms. The summed E-state index contributed by atoms with van der Waals surface area (Å²) in [5.41, 5.74) is 2.33. The average Bonchev–Trinajstić information content (AvgIpc) is 4.10. The van der Waals surface area contributed by atoms with Crippen molar-refractivity contribution in [2.75, 3.05) is 27.3 Å². The van der Waals surface area contributed by atoms with E-state index in [-0.39, 0.29) is 30.1 Å². The van der Waals surface area contributed by atoms with Crippen LogP contribution in [0.5, 0.6) is 5.75 Å². The maximum absolute atomic E-state index is 17.0. The molecule has 1 saturated carbocycles. The van der Waals surface area contributed by atoms with Crippen molar-refractivity contribution >= 4 is 46.2 Å². The number of hydrogen-bond donors (Lipinski definition) is 4. The Morgan fingerprint density at radius 1 is 0.797 bits per heavy atom. The second-order valence-corrected chi connectivity index (χ2v) is 22.1. The van der Waals surface area contributed by atoms with Crippen LogP contribution in [0.3, 0.4) is 0 Å². The lowest BCUT2D eigenvalue weighted by Gasteiger charge is -2.38. The molecule has 390 valence electrons. The number of halogens is 2. The number of carbonyl (C=O) groups excluding carboxylic acids is 4. The number of aromatic nitrogens is 5. The molecule has 2 aromatic carbocycles. The zero-order chi connectivity index (χ0) is 51.7. The van der Waals surface area contributed by atoms with Crippen molar-refractivity contribution in [2.45, 2.75) is 133 Å². The number of nitrogens with one attached hydrogen (secondary N) is 4. The summed E-state index contributed by atoms with van der Waals surface area (Å²) in [5.74, 6) is 0.596. The fourth-order valence-corrected chi connectivity index (χ4v) is 12.9. The first-order valence-corrected chi connectivity index (χ1v) is 26.4. The lowest BCUT2D eigenvalue weighted by molar-refractivity contribution is -0.139. The molecule has 11 rings (SSSR count). The molecule has 8 atom stereocenters. The molecule has 5 aliphatic rings. The molecule has 4 unspecified atom stereocenters. The van der Waals surface area contributed by atoms with Gasteiger partial charge in [-0.05, 0) is 133 Å². The highest BCUT2D eigenvalue weighted by Crippen LogP contribution is 2.50. The number of methoxy groups -OCH3 is 2. The molecule has 74 heavy (non-hydrogen) atoms. The van der Waals surface area contributed by atoms with E-state index in [2.05, 4.69) is 53.1 Å². The van der Waals surface area contributed by atoms with Gasteiger partial charge < -0.3 is 49.3 Å². The number of alkyl halides is 1. The highest BCUT2D eigenvalue weighted by atomic mass is 32.1. The van der Waals surface area contributed by atoms with E-state index in [1.165, 1.54) is 36.8 Å². The van der Waals surface area contributed by atoms with Gasteiger partial charge in [-0.15, -0.1) is 11.3 Å². The molecule has 0 bridgehead atoms. The van der Waals surface area contributed by atoms with E-state index >= 15 is 8.78 Å². The standard InChI is InChI=1S/C54H61F2N9O8S/c1-27-19-33(20-28(2)72-27)45(61-52(68)70-5)49(66)63-17-7-9-38(63)47-57-25-35(59-47)30-13-14-37-32(21-30)23-40-44-34(55)22-31(24-41(44)73-51(65(37)40)43-16-15-42(74-43)29-11-12-29)36-26-58-48(60-36)39-10-8-18-64(39)50(67)46(54(3,4)56)62-53(69)71-6/h13-16,21-29,33,38-39,45-46,51H,7-12,17-20H2,1-6H3,(H,57,59)(H,58,60)(H,61,68)(H,62,69)/t27-,28+,33?,38-,39-,45?,46?,51?/m0/s1. The Kier molecular flexibility index (Phi) is 13.0. The van der Waals surface area contributed by atoms with Crippen molar-refractivity contribution < 1.29 is 46.9 Å². The van der Waals surface area contributed by atoms with Gasteiger partial charge in [-0.25, -0.2) is 28.3 Å². The molecule has 4 amide bonds. The number of likely N-dealkylation sites (tertiary alicyclic amines) is 2. The van der Waals surface area contributed by atoms with E-state index in [9.17, 15) is 19.2 Å². The summed E-state index contributed by atoms with van der Waals surface area (Å²) < 4.78 is 57.0. The Bertz CT molecular complexity index is 3130. The number of aromatic amines is 2. The average molecular weight is 1030 g/mol. The highest BCUT2D eigenvalue weighted by Gasteiger charge is 2.45. The third-order valence-corrected chi connectivity index (χ3v) is 16.6. The number of benzene rings is 2. The summed E-state index contributed by atoms with van der Waals surface area (Å²) in [7, 11) is 2.45. The van der Waals surface area contributed by atoms with Crippen LogP contribution in [0.1, 0.15) is 125 Å². The molecule has 1 aliphatic carbocycles. The fourth-order valence-electron chi connectivity index (χ4n) is 11.7. The lowest BCUT2D eigenvalue weighted by atomic mass is 9.85. The van der Waals surface area contributed by atoms with E-state index < -0.39 is 53.9 Å². The van der Waals surface area contributed by atoms with Gasteiger partial charge in [-0.3, -0.25) is 14.2 Å². The maximum atomic E-state index is 17.0. The molecular weight excluding hydrogens is 973 g/mol. The molecule has 4 aliphatic heterocycles. The van der Waals surface area contributed by atoms with Gasteiger partial charge in [0.05, 0.1) is 83.9 Å². The summed E-state index contributed by atoms with van der Waals surface area (Å²) in [6.45, 7) is 7.29. The van der Waals surface area contributed by atoms with Crippen LogP contribution in [0.4, 0.5) is 18.4 Å². The summed E-state index contributed by atoms with van der Waals surface area (Å²) in [4.78, 5) is 74.9. The Labute approximate surface area is 430 Å². The third kappa shape index (κ3) is 9.28. The smallest absolute Gasteiger partial charge is 0.407 e. The van der Waals surface area contributed by atoms with Crippen molar-refractivity contribution in [2.24, 2.45) is 5.92 Å². The van der Waals surface area contributed by atoms with Crippen molar-refractivity contribution in [1.82, 2.24) is 44.9 Å². The van der Waals surface area contributed by atoms with Gasteiger partial charge in [0.1, 0.15) is 41.0 Å². The Morgan fingerprint density at radius 3 is 2.05 bits per heavy atom. The van der Waals surface area contributed by atoms with E-state index in [1.54, 1.807) is 23.7 Å². The van der Waals surface area contributed by atoms with Crippen LogP contribution in [0.15, 0.2) is 60.9 Å². The number of amides is 4. The Morgan fingerprint density at radius 2 is 1.42 bits per heavy atom. The minimum Gasteiger partial charge on any atom is -0.464 e. The first-order valence-electron chi connectivity index (χ1n) is 25.6. The molecule has 17 nitrogen and oxygen atoms in total. The van der Waals surface area contributed by atoms with Gasteiger partial charge in [0.25, 0.3) is 0 Å². The summed E-state index contributed by atoms with van der Waals surface area (Å²) in [6, 6.07) is 12.5. The molecular formula is C54H61F2N9O8S. The number of rotatable bonds is 12. The maximum Gasteiger partial charge on any atom is 0.407 e. The Hall–Kier alpha value is -6.80. The molecule has 8 heterocycles. The van der Waals surface area contributed by atoms with E-state index in [4.69, 9.17) is 19.2 Å². The second kappa shape index (κ2) is 19.5. The zero-order valence-corrected chi connectivity index (χ0v) is 43.0. The van der Waals surface area contributed by atoms with Crippen LogP contribution >= 0.6 is 11.3 Å². The molecule has 4 aromatic heterocycles. The number of H-pyrrole nitrogens is 2. The van der Waals surface area contributed by atoms with Gasteiger partial charge in [-0.1, -0.05) is 6.07 Å². The number of fused-ring (bicyclic) bond motifs is 5. The van der Waals surface area contributed by atoms with Crippen LogP contribution in [0, 0.1) is 11.7 Å². The van der Waals surface area contributed by atoms with E-state index in [0.717, 1.165) is 53.4 Å². The summed E-state index contributed by atoms with van der Waals surface area (Å²) in [6.07, 6.45) is 7.29. The molecule has 0 radical (unpaired) electrons. The van der Waals surface area contributed by atoms with Crippen LogP contribution in [-0.4, -0.2) is 116 Å². The summed E-state index contributed by atoms with van der Waals surface area (Å²) >= 11 is 1.71. The van der Waals surface area contributed by atoms with Gasteiger partial charge >= 0.3 is 12.2 Å². The molecule has 4 fully saturated rings. The number of ether oxygens (including phenoxy) is 4. The minimum atomic E-state index is -2.09. The first-order chi connectivity index (χ1) is 35.6. The predicted octanol–water partition coefficient (Wildman–Crippen LogP) is 9.83. The quantitative estimate of drug-likeness (QED) is 0.0915. The first kappa shape index (κ1) is 49.4. The molecule has 4 N–H and O–H groups in total. The van der Waals surface area contributed by atoms with Crippen molar-refractivity contribution in [3.05, 3.63) is 88.1 Å². The van der Waals surface area contributed by atoms with Gasteiger partial charge in [0.15, 0.2) is 0 Å². The number of imidazole rings is 2. The van der Waals surface area contributed by atoms with Crippen LogP contribution < -0.4 is 15.4 Å². The Balaban J connectivity index is 0.893. The summed E-state index contributed by atoms with van der Waals surface area (Å²) in [5, 5.41) is 6.08. The van der Waals surface area contributed by atoms with Crippen molar-refractivity contribution in [3.63, 3.8) is 0 Å². The van der Waals surface area contributed by atoms with E-state index in [1.807, 2.05) is 43.0 Å². The monoisotopic (exact) mass is 1030 g/mol. The number of thiophene rings is 1. The zero-order valence-electron chi connectivity index (χ0n) is 42.2. The highest BCUT2D eigenvalue weighted by molar-refractivity contribution is 7.12. The van der Waals surface area contributed by atoms with Gasteiger partial charge in [0, 0.05) is 34.5 Å². The van der Waals surface area contributed by atoms with Crippen LogP contribution in [0.2, 0.25) is 0 Å². The second-order valence-electron chi connectivity index (χ2n) is 21.0. The SMILES string of the molecule is COC(=O)NC(C(=O)N1CCC[C@H]1c1ncc(-c2ccc3c(c2)cc2n3C(c3ccc(C4CC4)s3)Oc3cc(-c4cnc([C@@H]5CCCN5C(=O)C(NC(=O)OC)C(C)(C)F)[nH]4)cc(F)c3-2)[nH]1)C1C[C@@H](C)O[C@@H](C)C1. The number of nitrogens with zero attached hydrogens (tertiary/aromatic N) is 5. The predicted molar refractivity (Wildman–Crippen MR) is 272 cm³/mol. The van der Waals surface area contributed by atoms with Gasteiger partial charge in [-0.2, -0.15) is 0 Å². The largest absolute Gasteiger partial charge is 0.464 e. The normalized spacial score (nSPS) is 23.5. The topological polar surface area (TPSA) is 198 Å². The van der Waals surface area contributed by atoms with E-state index in [0.29, 0.717) is 91.0 Å². The van der Waals surface area contributed by atoms with Crippen molar-refractivity contribution in [1.29, 1.82) is 0 Å². The van der Waals surface area contributed by atoms with Crippen LogP contribution in [-0.2, 0) is 23.8 Å². The lowest BCUT2D eigenvalue weighted by Crippen LogP contribution is -2.56. The number of hydrogen-bond acceptors (Lipinski definition) is 11. The number of carbonyl (C=O) groups is 4. The molecule has 6 aromatic rings. The fraction of sp³-hybridized carbons (Fsp3) is 0.481.